The summed E-state index contributed by atoms with van der Waals surface area (Å²) in [5.41, 5.74) is -4.15. The molecule has 1 unspecified atom stereocenters. The van der Waals surface area contributed by atoms with Crippen molar-refractivity contribution in [2.75, 3.05) is 26.8 Å². The summed E-state index contributed by atoms with van der Waals surface area (Å²) in [5, 5.41) is 6.24. The Balaban J connectivity index is 1.83. The minimum absolute atomic E-state index is 0.0676. The van der Waals surface area contributed by atoms with E-state index in [9.17, 15) is 45.5 Å². The fourth-order valence-corrected chi connectivity index (χ4v) is 4.88. The highest BCUT2D eigenvalue weighted by Crippen LogP contribution is 2.44. The molecule has 224 valence electrons. The number of phosphoric acid groups is 1. The van der Waals surface area contributed by atoms with Crippen LogP contribution in [0.1, 0.15) is 34.4 Å². The van der Waals surface area contributed by atoms with Crippen molar-refractivity contribution in [1.29, 1.82) is 0 Å². The number of alkyl halides is 6. The molecule has 1 aromatic heterocycles. The standard InChI is InChI=1S/C23H23F6N4O7P/c1-33(20-30-21(34)32-31-20)7-8-38-19(18(33)13-5-3-2-4-6-13)40-17(12-39-41(35,36)37)14-9-15(22(24,25)26)11-16(10-14)23(27,28)29/h2-6,9-11,17-19H,7-8,12H2,1H3,(H3-,30,31,32,34,35,36,37)/p+1/t17-,18+,19-,33?/m1/s1. The fraction of sp³-hybridized carbons (Fsp3) is 0.391. The van der Waals surface area contributed by atoms with Crippen molar-refractivity contribution in [3.63, 3.8) is 0 Å². The Bertz CT molecular complexity index is 1430. The first-order valence-electron chi connectivity index (χ1n) is 11.8. The van der Waals surface area contributed by atoms with Crippen LogP contribution in [0.25, 0.3) is 0 Å². The third kappa shape index (κ3) is 7.24. The molecule has 11 nitrogen and oxygen atoms in total. The van der Waals surface area contributed by atoms with E-state index in [4.69, 9.17) is 9.47 Å². The van der Waals surface area contributed by atoms with Crippen molar-refractivity contribution in [3.05, 3.63) is 81.3 Å². The van der Waals surface area contributed by atoms with Gasteiger partial charge < -0.3 is 19.3 Å². The van der Waals surface area contributed by atoms with E-state index in [1.807, 2.05) is 0 Å². The number of rotatable bonds is 8. The molecular formula is C23H24F6N4O7P+. The van der Waals surface area contributed by atoms with Gasteiger partial charge in [-0.2, -0.15) is 26.3 Å². The van der Waals surface area contributed by atoms with Crippen molar-refractivity contribution in [2.45, 2.75) is 30.8 Å². The van der Waals surface area contributed by atoms with Crippen LogP contribution >= 0.6 is 7.82 Å². The molecule has 18 heteroatoms. The third-order valence-corrected chi connectivity index (χ3v) is 6.98. The summed E-state index contributed by atoms with van der Waals surface area (Å²) in [6, 6.07) is 8.08. The lowest BCUT2D eigenvalue weighted by molar-refractivity contribution is -0.231. The van der Waals surface area contributed by atoms with E-state index in [-0.39, 0.29) is 29.6 Å². The largest absolute Gasteiger partial charge is 0.469 e. The zero-order valence-corrected chi connectivity index (χ0v) is 21.9. The summed E-state index contributed by atoms with van der Waals surface area (Å²) in [6.07, 6.45) is -13.7. The van der Waals surface area contributed by atoms with Crippen molar-refractivity contribution in [2.24, 2.45) is 0 Å². The average Bonchev–Trinajstić information content (AvgIpc) is 3.32. The highest BCUT2D eigenvalue weighted by molar-refractivity contribution is 7.46. The predicted octanol–water partition coefficient (Wildman–Crippen LogP) is 4.04. The first-order valence-corrected chi connectivity index (χ1v) is 13.3. The number of ether oxygens (including phenoxy) is 2. The molecular weight excluding hydrogens is 589 g/mol. The number of nitrogens with one attached hydrogen (secondary N) is 2. The predicted molar refractivity (Wildman–Crippen MR) is 129 cm³/mol. The van der Waals surface area contributed by atoms with E-state index >= 15 is 0 Å². The molecule has 1 fully saturated rings. The molecule has 3 aromatic rings. The van der Waals surface area contributed by atoms with Gasteiger partial charge in [0.15, 0.2) is 6.04 Å². The summed E-state index contributed by atoms with van der Waals surface area (Å²) >= 11 is 0. The van der Waals surface area contributed by atoms with Gasteiger partial charge in [0.1, 0.15) is 12.6 Å². The van der Waals surface area contributed by atoms with Crippen molar-refractivity contribution >= 4 is 13.8 Å². The van der Waals surface area contributed by atoms with E-state index in [1.165, 1.54) is 0 Å². The Morgan fingerprint density at radius 1 is 1.10 bits per heavy atom. The molecule has 41 heavy (non-hydrogen) atoms. The number of aromatic nitrogens is 3. The molecule has 1 aliphatic heterocycles. The molecule has 0 bridgehead atoms. The summed E-state index contributed by atoms with van der Waals surface area (Å²) in [6.45, 7) is -0.999. The fourth-order valence-electron chi connectivity index (χ4n) is 4.55. The molecule has 0 radical (unpaired) electrons. The maximum atomic E-state index is 13.6. The maximum Gasteiger partial charge on any atom is 0.469 e. The number of likely N-dealkylation sites (N-methyl/N-ethyl adjacent to an activating group) is 1. The number of hydrogen-bond donors (Lipinski definition) is 4. The Labute approximate surface area is 227 Å². The van der Waals surface area contributed by atoms with E-state index < -0.39 is 67.6 Å². The quantitative estimate of drug-likeness (QED) is 0.169. The van der Waals surface area contributed by atoms with Crippen molar-refractivity contribution in [3.8, 4) is 0 Å². The minimum Gasteiger partial charge on any atom is -0.341 e. The first-order chi connectivity index (χ1) is 19.0. The number of H-pyrrole nitrogens is 2. The summed E-state index contributed by atoms with van der Waals surface area (Å²) < 4.78 is 109. The number of aromatic amines is 2. The summed E-state index contributed by atoms with van der Waals surface area (Å²) in [4.78, 5) is 32.9. The minimum atomic E-state index is -5.25. The maximum absolute atomic E-state index is 13.6. The summed E-state index contributed by atoms with van der Waals surface area (Å²) in [5.74, 6) is 0.127. The van der Waals surface area contributed by atoms with Gasteiger partial charge in [-0.1, -0.05) is 35.4 Å². The summed E-state index contributed by atoms with van der Waals surface area (Å²) in [7, 11) is -3.60. The average molecular weight is 613 g/mol. The van der Waals surface area contributed by atoms with Crippen LogP contribution in [0.5, 0.6) is 0 Å². The van der Waals surface area contributed by atoms with Crippen LogP contribution in [0.15, 0.2) is 53.3 Å². The zero-order valence-electron chi connectivity index (χ0n) is 21.0. The van der Waals surface area contributed by atoms with Gasteiger partial charge in [0.25, 0.3) is 0 Å². The van der Waals surface area contributed by atoms with Gasteiger partial charge >= 0.3 is 31.8 Å². The molecule has 1 saturated heterocycles. The third-order valence-electron chi connectivity index (χ3n) is 6.50. The number of nitrogens with zero attached hydrogens (tertiary/aromatic N) is 2. The van der Waals surface area contributed by atoms with Crippen molar-refractivity contribution in [1.82, 2.24) is 19.7 Å². The topological polar surface area (TPSA) is 147 Å². The van der Waals surface area contributed by atoms with Gasteiger partial charge in [0.05, 0.1) is 31.4 Å². The molecule has 4 atom stereocenters. The molecule has 0 saturated carbocycles. The first kappa shape index (κ1) is 30.9. The van der Waals surface area contributed by atoms with Gasteiger partial charge in [0, 0.05) is 5.56 Å². The Hall–Kier alpha value is -3.05. The van der Waals surface area contributed by atoms with E-state index in [1.54, 1.807) is 37.4 Å². The van der Waals surface area contributed by atoms with E-state index in [0.717, 1.165) is 0 Å². The van der Waals surface area contributed by atoms with Crippen molar-refractivity contribution < 1.29 is 54.7 Å². The van der Waals surface area contributed by atoms with E-state index in [0.29, 0.717) is 17.7 Å². The Morgan fingerprint density at radius 2 is 1.71 bits per heavy atom. The lowest BCUT2D eigenvalue weighted by Crippen LogP contribution is -2.60. The lowest BCUT2D eigenvalue weighted by Gasteiger charge is -2.46. The van der Waals surface area contributed by atoms with Crippen LogP contribution in [0, 0.1) is 0 Å². The zero-order chi connectivity index (χ0) is 30.2. The van der Waals surface area contributed by atoms with Gasteiger partial charge in [0.2, 0.25) is 6.29 Å². The second-order valence-electron chi connectivity index (χ2n) is 9.34. The Morgan fingerprint density at radius 3 is 2.22 bits per heavy atom. The number of morpholine rings is 1. The second kappa shape index (κ2) is 11.3. The molecule has 4 rings (SSSR count). The molecule has 2 aromatic carbocycles. The molecule has 2 heterocycles. The number of halogens is 6. The van der Waals surface area contributed by atoms with Gasteiger partial charge in [-0.15, -0.1) is 0 Å². The molecule has 0 amide bonds. The van der Waals surface area contributed by atoms with Gasteiger partial charge in [-0.05, 0) is 23.8 Å². The van der Waals surface area contributed by atoms with Crippen LogP contribution in [-0.4, -0.2) is 58.1 Å². The Kier molecular flexibility index (Phi) is 8.53. The van der Waals surface area contributed by atoms with Crippen LogP contribution in [0.2, 0.25) is 0 Å². The number of phosphoric ester groups is 1. The molecule has 0 spiro atoms. The van der Waals surface area contributed by atoms with Crippen LogP contribution in [-0.2, 0) is 30.9 Å². The number of quaternary nitrogens is 1. The molecule has 4 N–H and O–H groups in total. The number of hydrogen-bond acceptors (Lipinski definition) is 6. The smallest absolute Gasteiger partial charge is 0.341 e. The molecule has 0 aliphatic carbocycles. The second-order valence-corrected chi connectivity index (χ2v) is 10.6. The van der Waals surface area contributed by atoms with Crippen LogP contribution < -0.4 is 10.2 Å². The van der Waals surface area contributed by atoms with Crippen LogP contribution in [0.3, 0.4) is 0 Å². The van der Waals surface area contributed by atoms with Crippen LogP contribution in [0.4, 0.5) is 32.3 Å². The normalized spacial score (nSPS) is 23.0. The molecule has 1 aliphatic rings. The van der Waals surface area contributed by atoms with E-state index in [2.05, 4.69) is 19.7 Å². The monoisotopic (exact) mass is 613 g/mol. The van der Waals surface area contributed by atoms with Gasteiger partial charge in [-0.25, -0.2) is 23.9 Å². The van der Waals surface area contributed by atoms with Gasteiger partial charge in [-0.3, -0.25) is 4.52 Å². The SMILES string of the molecule is C[N+]1(c2n[nH]c(=O)[nH]2)CCO[C@H](O[C@H](COP(=O)(O)O)c2cc(C(F)(F)F)cc(C(F)(F)F)c2)[C@@H]1c1ccccc1. The lowest BCUT2D eigenvalue weighted by atomic mass is 9.99. The number of benzene rings is 2. The highest BCUT2D eigenvalue weighted by Gasteiger charge is 2.50. The highest BCUT2D eigenvalue weighted by atomic mass is 31.2.